The van der Waals surface area contributed by atoms with Gasteiger partial charge >= 0.3 is 12.4 Å². The maximum absolute atomic E-state index is 12.5. The molecule has 1 aromatic rings. The summed E-state index contributed by atoms with van der Waals surface area (Å²) in [6.45, 7) is -0.974. The van der Waals surface area contributed by atoms with Crippen molar-refractivity contribution in [3.8, 4) is 5.75 Å². The van der Waals surface area contributed by atoms with Gasteiger partial charge in [-0.15, -0.1) is 0 Å². The van der Waals surface area contributed by atoms with Crippen LogP contribution in [0.3, 0.4) is 0 Å². The van der Waals surface area contributed by atoms with Gasteiger partial charge in [0.2, 0.25) is 0 Å². The van der Waals surface area contributed by atoms with E-state index in [1.807, 2.05) is 0 Å². The molecule has 0 radical (unpaired) electrons. The third kappa shape index (κ3) is 2.63. The summed E-state index contributed by atoms with van der Waals surface area (Å²) in [5.74, 6) is -1.27. The lowest BCUT2D eigenvalue weighted by molar-refractivity contribution is -0.145. The fourth-order valence-corrected chi connectivity index (χ4v) is 1.43. The summed E-state index contributed by atoms with van der Waals surface area (Å²) in [6, 6.07) is 0.720. The Morgan fingerprint density at radius 1 is 1.00 bits per heavy atom. The Bertz CT molecular complexity index is 423. The van der Waals surface area contributed by atoms with E-state index in [0.717, 1.165) is 0 Å². The summed E-state index contributed by atoms with van der Waals surface area (Å²) in [7, 11) is 0. The van der Waals surface area contributed by atoms with Gasteiger partial charge in [0, 0.05) is 6.54 Å². The zero-order valence-corrected chi connectivity index (χ0v) is 8.15. The monoisotopic (exact) mass is 259 g/mol. The van der Waals surface area contributed by atoms with Gasteiger partial charge in [0.25, 0.3) is 0 Å². The van der Waals surface area contributed by atoms with Crippen LogP contribution in [0.5, 0.6) is 5.75 Å². The van der Waals surface area contributed by atoms with Gasteiger partial charge in [0.1, 0.15) is 11.3 Å². The number of halogens is 6. The number of benzene rings is 1. The average Bonchev–Trinajstić information content (AvgIpc) is 2.12. The summed E-state index contributed by atoms with van der Waals surface area (Å²) in [5, 5.41) is 9.01. The Kier molecular flexibility index (Phi) is 3.28. The molecule has 0 saturated carbocycles. The Hall–Kier alpha value is -1.44. The highest BCUT2D eigenvalue weighted by Crippen LogP contribution is 2.43. The van der Waals surface area contributed by atoms with Crippen LogP contribution in [0.2, 0.25) is 0 Å². The van der Waals surface area contributed by atoms with Crippen LogP contribution in [0, 0.1) is 0 Å². The van der Waals surface area contributed by atoms with Crippen molar-refractivity contribution in [2.24, 2.45) is 5.73 Å². The van der Waals surface area contributed by atoms with Crippen molar-refractivity contribution >= 4 is 0 Å². The molecule has 0 spiro atoms. The molecule has 3 N–H and O–H groups in total. The maximum Gasteiger partial charge on any atom is 0.420 e. The third-order valence-corrected chi connectivity index (χ3v) is 2.08. The molecule has 17 heavy (non-hydrogen) atoms. The molecule has 0 heterocycles. The SMILES string of the molecule is NCc1c(C(F)(F)F)ccc(O)c1C(F)(F)F. The molecule has 0 aliphatic heterocycles. The van der Waals surface area contributed by atoms with Crippen molar-refractivity contribution in [3.63, 3.8) is 0 Å². The smallest absolute Gasteiger partial charge is 0.420 e. The van der Waals surface area contributed by atoms with Gasteiger partial charge in [-0.05, 0) is 17.7 Å². The van der Waals surface area contributed by atoms with E-state index in [4.69, 9.17) is 10.8 Å². The molecule has 2 nitrogen and oxygen atoms in total. The van der Waals surface area contributed by atoms with Crippen LogP contribution in [0.1, 0.15) is 16.7 Å². The van der Waals surface area contributed by atoms with Crippen molar-refractivity contribution < 1.29 is 31.4 Å². The van der Waals surface area contributed by atoms with Crippen molar-refractivity contribution in [1.29, 1.82) is 0 Å². The summed E-state index contributed by atoms with van der Waals surface area (Å²) in [5.41, 5.74) is 0.504. The van der Waals surface area contributed by atoms with E-state index in [0.29, 0.717) is 12.1 Å². The van der Waals surface area contributed by atoms with E-state index in [-0.39, 0.29) is 0 Å². The molecule has 1 aromatic carbocycles. The first kappa shape index (κ1) is 13.6. The van der Waals surface area contributed by atoms with Gasteiger partial charge in [0.15, 0.2) is 0 Å². The fraction of sp³-hybridized carbons (Fsp3) is 0.333. The highest BCUT2D eigenvalue weighted by atomic mass is 19.4. The Morgan fingerprint density at radius 2 is 1.53 bits per heavy atom. The van der Waals surface area contributed by atoms with Crippen LogP contribution in [-0.4, -0.2) is 5.11 Å². The lowest BCUT2D eigenvalue weighted by Crippen LogP contribution is -2.18. The Labute approximate surface area is 91.7 Å². The van der Waals surface area contributed by atoms with Gasteiger partial charge in [-0.3, -0.25) is 0 Å². The number of alkyl halides is 6. The van der Waals surface area contributed by atoms with Crippen molar-refractivity contribution in [3.05, 3.63) is 28.8 Å². The van der Waals surface area contributed by atoms with Crippen LogP contribution in [-0.2, 0) is 18.9 Å². The Balaban J connectivity index is 3.60. The second-order valence-electron chi connectivity index (χ2n) is 3.19. The molecule has 0 atom stereocenters. The Morgan fingerprint density at radius 3 is 1.88 bits per heavy atom. The van der Waals surface area contributed by atoms with Crippen LogP contribution < -0.4 is 5.73 Å². The molecule has 0 unspecified atom stereocenters. The predicted octanol–water partition coefficient (Wildman–Crippen LogP) is 2.89. The molecular weight excluding hydrogens is 252 g/mol. The number of nitrogens with two attached hydrogens (primary N) is 1. The molecule has 8 heteroatoms. The van der Waals surface area contributed by atoms with Gasteiger partial charge in [0.05, 0.1) is 5.56 Å². The highest BCUT2D eigenvalue weighted by Gasteiger charge is 2.42. The molecule has 96 valence electrons. The summed E-state index contributed by atoms with van der Waals surface area (Å²) in [4.78, 5) is 0. The van der Waals surface area contributed by atoms with Crippen molar-refractivity contribution in [1.82, 2.24) is 0 Å². The quantitative estimate of drug-likeness (QED) is 0.762. The lowest BCUT2D eigenvalue weighted by Gasteiger charge is -2.18. The van der Waals surface area contributed by atoms with E-state index in [2.05, 4.69) is 0 Å². The average molecular weight is 259 g/mol. The first-order valence-corrected chi connectivity index (χ1v) is 4.28. The molecule has 0 amide bonds. The largest absolute Gasteiger partial charge is 0.507 e. The number of phenols is 1. The number of rotatable bonds is 1. The van der Waals surface area contributed by atoms with E-state index in [1.54, 1.807) is 0 Å². The number of phenolic OH excluding ortho intramolecular Hbond substituents is 1. The highest BCUT2D eigenvalue weighted by molar-refractivity contribution is 5.47. The van der Waals surface area contributed by atoms with Crippen molar-refractivity contribution in [2.45, 2.75) is 18.9 Å². The second kappa shape index (κ2) is 4.10. The lowest BCUT2D eigenvalue weighted by atomic mass is 9.99. The van der Waals surface area contributed by atoms with E-state index in [9.17, 15) is 26.3 Å². The molecule has 1 rings (SSSR count). The minimum Gasteiger partial charge on any atom is -0.507 e. The first-order chi connectivity index (χ1) is 7.59. The maximum atomic E-state index is 12.5. The normalized spacial score (nSPS) is 12.9. The molecule has 0 aliphatic rings. The minimum absolute atomic E-state index is 0.352. The molecular formula is C9H7F6NO. The van der Waals surface area contributed by atoms with Crippen LogP contribution in [0.4, 0.5) is 26.3 Å². The topological polar surface area (TPSA) is 46.2 Å². The van der Waals surface area contributed by atoms with Crippen molar-refractivity contribution in [2.75, 3.05) is 0 Å². The van der Waals surface area contributed by atoms with Crippen LogP contribution in [0.25, 0.3) is 0 Å². The van der Waals surface area contributed by atoms with Crippen LogP contribution >= 0.6 is 0 Å². The van der Waals surface area contributed by atoms with Gasteiger partial charge in [-0.25, -0.2) is 0 Å². The summed E-state index contributed by atoms with van der Waals surface area (Å²) >= 11 is 0. The van der Waals surface area contributed by atoms with Gasteiger partial charge < -0.3 is 10.8 Å². The van der Waals surface area contributed by atoms with E-state index < -0.39 is 41.3 Å². The second-order valence-corrected chi connectivity index (χ2v) is 3.19. The standard InChI is InChI=1S/C9H7F6NO/c10-8(11,12)5-1-2-6(17)7(4(5)3-16)9(13,14)15/h1-2,17H,3,16H2. The van der Waals surface area contributed by atoms with Gasteiger partial charge in [-0.2, -0.15) is 26.3 Å². The molecule has 0 bridgehead atoms. The zero-order valence-electron chi connectivity index (χ0n) is 8.15. The van der Waals surface area contributed by atoms with E-state index in [1.165, 1.54) is 0 Å². The number of hydrogen-bond acceptors (Lipinski definition) is 2. The summed E-state index contributed by atoms with van der Waals surface area (Å²) < 4.78 is 74.7. The molecule has 0 aromatic heterocycles. The number of aromatic hydroxyl groups is 1. The van der Waals surface area contributed by atoms with Crippen LogP contribution in [0.15, 0.2) is 12.1 Å². The zero-order chi connectivity index (χ0) is 13.4. The van der Waals surface area contributed by atoms with E-state index >= 15 is 0 Å². The first-order valence-electron chi connectivity index (χ1n) is 4.28. The third-order valence-electron chi connectivity index (χ3n) is 2.08. The molecule has 0 fully saturated rings. The minimum atomic E-state index is -5.10. The predicted molar refractivity (Wildman–Crippen MR) is 46.0 cm³/mol. The molecule has 0 aliphatic carbocycles. The number of hydrogen-bond donors (Lipinski definition) is 2. The van der Waals surface area contributed by atoms with Gasteiger partial charge in [-0.1, -0.05) is 0 Å². The fourth-order valence-electron chi connectivity index (χ4n) is 1.43. The molecule has 0 saturated heterocycles. The summed E-state index contributed by atoms with van der Waals surface area (Å²) in [6.07, 6.45) is -10.1.